The van der Waals surface area contributed by atoms with Crippen LogP contribution in [0.5, 0.6) is 5.75 Å². The number of nitro groups is 1. The van der Waals surface area contributed by atoms with Crippen LogP contribution in [0.2, 0.25) is 0 Å². The second-order valence-electron chi connectivity index (χ2n) is 5.21. The van der Waals surface area contributed by atoms with Gasteiger partial charge in [-0.25, -0.2) is 0 Å². The maximum atomic E-state index is 12.1. The van der Waals surface area contributed by atoms with Gasteiger partial charge in [0.15, 0.2) is 0 Å². The third-order valence-corrected chi connectivity index (χ3v) is 3.66. The number of piperazine rings is 1. The van der Waals surface area contributed by atoms with Gasteiger partial charge >= 0.3 is 0 Å². The summed E-state index contributed by atoms with van der Waals surface area (Å²) in [6.45, 7) is 4.69. The fourth-order valence-electron chi connectivity index (χ4n) is 2.39. The molecule has 0 bridgehead atoms. The Morgan fingerprint density at radius 3 is 3.00 bits per heavy atom. The highest BCUT2D eigenvalue weighted by molar-refractivity contribution is 5.94. The van der Waals surface area contributed by atoms with E-state index in [0.717, 1.165) is 19.6 Å². The molecular weight excluding hydrogens is 288 g/mol. The van der Waals surface area contributed by atoms with Crippen LogP contribution in [0, 0.1) is 10.1 Å². The fourth-order valence-corrected chi connectivity index (χ4v) is 2.39. The highest BCUT2D eigenvalue weighted by Gasteiger charge is 2.22. The van der Waals surface area contributed by atoms with E-state index >= 15 is 0 Å². The minimum Gasteiger partial charge on any atom is -0.496 e. The van der Waals surface area contributed by atoms with Crippen LogP contribution in [0.25, 0.3) is 0 Å². The molecule has 0 unspecified atom stereocenters. The number of hydrogen-bond acceptors (Lipinski definition) is 6. The lowest BCUT2D eigenvalue weighted by molar-refractivity contribution is -0.384. The predicted octanol–water partition coefficient (Wildman–Crippen LogP) is 0.836. The molecule has 8 nitrogen and oxygen atoms in total. The van der Waals surface area contributed by atoms with Crippen LogP contribution in [-0.2, 0) is 4.79 Å². The zero-order valence-corrected chi connectivity index (χ0v) is 12.7. The summed E-state index contributed by atoms with van der Waals surface area (Å²) < 4.78 is 4.97. The molecular formula is C14H20N4O4. The third kappa shape index (κ3) is 3.92. The van der Waals surface area contributed by atoms with E-state index in [4.69, 9.17) is 4.74 Å². The molecule has 1 fully saturated rings. The molecule has 120 valence electrons. The summed E-state index contributed by atoms with van der Waals surface area (Å²) in [5, 5.41) is 17.0. The van der Waals surface area contributed by atoms with Crippen molar-refractivity contribution in [1.82, 2.24) is 10.2 Å². The third-order valence-electron chi connectivity index (χ3n) is 3.66. The molecule has 0 aliphatic carbocycles. The Morgan fingerprint density at radius 2 is 2.36 bits per heavy atom. The second-order valence-corrected chi connectivity index (χ2v) is 5.21. The molecule has 1 atom stereocenters. The first-order valence-corrected chi connectivity index (χ1v) is 7.08. The Labute approximate surface area is 128 Å². The van der Waals surface area contributed by atoms with Crippen LogP contribution in [0.3, 0.4) is 0 Å². The number of anilines is 1. The summed E-state index contributed by atoms with van der Waals surface area (Å²) in [5.41, 5.74) is -0.000327. The van der Waals surface area contributed by atoms with Gasteiger partial charge in [-0.05, 0) is 19.1 Å². The zero-order valence-electron chi connectivity index (χ0n) is 12.7. The van der Waals surface area contributed by atoms with Crippen molar-refractivity contribution in [3.63, 3.8) is 0 Å². The summed E-state index contributed by atoms with van der Waals surface area (Å²) in [5.74, 6) is 0.113. The van der Waals surface area contributed by atoms with Crippen molar-refractivity contribution in [2.24, 2.45) is 0 Å². The Morgan fingerprint density at radius 1 is 1.59 bits per heavy atom. The van der Waals surface area contributed by atoms with Gasteiger partial charge in [0.1, 0.15) is 11.4 Å². The van der Waals surface area contributed by atoms with E-state index in [-0.39, 0.29) is 29.9 Å². The predicted molar refractivity (Wildman–Crippen MR) is 82.2 cm³/mol. The SMILES string of the molecule is COc1ccc(NC(=O)CN2CCNC[C@@H]2C)c([N+](=O)[O-])c1. The first kappa shape index (κ1) is 16.2. The van der Waals surface area contributed by atoms with E-state index in [1.807, 2.05) is 11.8 Å². The Kier molecular flexibility index (Phi) is 5.29. The van der Waals surface area contributed by atoms with Crippen molar-refractivity contribution in [3.8, 4) is 5.75 Å². The van der Waals surface area contributed by atoms with Crippen LogP contribution in [0.1, 0.15) is 6.92 Å². The van der Waals surface area contributed by atoms with E-state index in [9.17, 15) is 14.9 Å². The molecule has 1 aliphatic heterocycles. The van der Waals surface area contributed by atoms with Gasteiger partial charge < -0.3 is 15.4 Å². The Balaban J connectivity index is 2.06. The number of benzene rings is 1. The average molecular weight is 308 g/mol. The number of nitrogens with zero attached hydrogens (tertiary/aromatic N) is 2. The topological polar surface area (TPSA) is 96.7 Å². The number of methoxy groups -OCH3 is 1. The van der Waals surface area contributed by atoms with Gasteiger partial charge in [0.05, 0.1) is 24.6 Å². The van der Waals surface area contributed by atoms with E-state index in [2.05, 4.69) is 10.6 Å². The second kappa shape index (κ2) is 7.19. The highest BCUT2D eigenvalue weighted by atomic mass is 16.6. The monoisotopic (exact) mass is 308 g/mol. The minimum absolute atomic E-state index is 0.179. The van der Waals surface area contributed by atoms with Crippen LogP contribution in [0.4, 0.5) is 11.4 Å². The standard InChI is InChI=1S/C14H20N4O4/c1-10-8-15-5-6-17(10)9-14(19)16-12-4-3-11(22-2)7-13(12)18(20)21/h3-4,7,10,15H,5-6,8-9H2,1-2H3,(H,16,19)/t10-/m0/s1. The number of ether oxygens (including phenoxy) is 1. The largest absolute Gasteiger partial charge is 0.496 e. The molecule has 1 aromatic carbocycles. The maximum Gasteiger partial charge on any atom is 0.296 e. The lowest BCUT2D eigenvalue weighted by atomic mass is 10.2. The molecule has 0 aromatic heterocycles. The molecule has 1 saturated heterocycles. The number of carbonyl (C=O) groups excluding carboxylic acids is 1. The van der Waals surface area contributed by atoms with Crippen molar-refractivity contribution in [1.29, 1.82) is 0 Å². The highest BCUT2D eigenvalue weighted by Crippen LogP contribution is 2.28. The fraction of sp³-hybridized carbons (Fsp3) is 0.500. The number of carbonyl (C=O) groups is 1. The molecule has 1 heterocycles. The van der Waals surface area contributed by atoms with Gasteiger partial charge in [-0.2, -0.15) is 0 Å². The summed E-state index contributed by atoms with van der Waals surface area (Å²) in [4.78, 5) is 24.7. The van der Waals surface area contributed by atoms with Gasteiger partial charge in [0.25, 0.3) is 5.69 Å². The first-order valence-electron chi connectivity index (χ1n) is 7.08. The van der Waals surface area contributed by atoms with Crippen LogP contribution in [-0.4, -0.2) is 55.1 Å². The lowest BCUT2D eigenvalue weighted by Gasteiger charge is -2.33. The van der Waals surface area contributed by atoms with Crippen LogP contribution in [0.15, 0.2) is 18.2 Å². The Bertz CT molecular complexity index is 564. The number of hydrogen-bond donors (Lipinski definition) is 2. The molecule has 0 spiro atoms. The van der Waals surface area contributed by atoms with Crippen LogP contribution >= 0.6 is 0 Å². The van der Waals surface area contributed by atoms with Crippen molar-refractivity contribution in [2.45, 2.75) is 13.0 Å². The Hall–Kier alpha value is -2.19. The van der Waals surface area contributed by atoms with Crippen molar-refractivity contribution in [2.75, 3.05) is 38.6 Å². The molecule has 2 rings (SSSR count). The van der Waals surface area contributed by atoms with Crippen LogP contribution < -0.4 is 15.4 Å². The average Bonchev–Trinajstić information content (AvgIpc) is 2.49. The normalized spacial score (nSPS) is 18.7. The quantitative estimate of drug-likeness (QED) is 0.618. The molecule has 1 aromatic rings. The van der Waals surface area contributed by atoms with E-state index < -0.39 is 4.92 Å². The van der Waals surface area contributed by atoms with Gasteiger partial charge in [-0.3, -0.25) is 19.8 Å². The van der Waals surface area contributed by atoms with E-state index in [1.54, 1.807) is 6.07 Å². The van der Waals surface area contributed by atoms with Gasteiger partial charge in [0, 0.05) is 25.7 Å². The first-order chi connectivity index (χ1) is 10.5. The van der Waals surface area contributed by atoms with E-state index in [0.29, 0.717) is 5.75 Å². The number of nitrogens with one attached hydrogen (secondary N) is 2. The maximum absolute atomic E-state index is 12.1. The lowest BCUT2D eigenvalue weighted by Crippen LogP contribution is -2.52. The molecule has 8 heteroatoms. The van der Waals surface area contributed by atoms with Crippen molar-refractivity contribution < 1.29 is 14.5 Å². The minimum atomic E-state index is -0.536. The molecule has 1 aliphatic rings. The molecule has 2 N–H and O–H groups in total. The summed E-state index contributed by atoms with van der Waals surface area (Å²) in [6, 6.07) is 4.61. The van der Waals surface area contributed by atoms with Gasteiger partial charge in [-0.15, -0.1) is 0 Å². The molecule has 0 saturated carbocycles. The summed E-state index contributed by atoms with van der Waals surface area (Å²) >= 11 is 0. The van der Waals surface area contributed by atoms with Gasteiger partial charge in [0.2, 0.25) is 5.91 Å². The summed E-state index contributed by atoms with van der Waals surface area (Å²) in [6.07, 6.45) is 0. The molecule has 22 heavy (non-hydrogen) atoms. The number of nitro benzene ring substituents is 1. The van der Waals surface area contributed by atoms with E-state index in [1.165, 1.54) is 19.2 Å². The van der Waals surface area contributed by atoms with Crippen molar-refractivity contribution in [3.05, 3.63) is 28.3 Å². The zero-order chi connectivity index (χ0) is 16.1. The number of amides is 1. The number of rotatable bonds is 5. The smallest absolute Gasteiger partial charge is 0.296 e. The molecule has 0 radical (unpaired) electrons. The summed E-state index contributed by atoms with van der Waals surface area (Å²) in [7, 11) is 1.43. The van der Waals surface area contributed by atoms with Gasteiger partial charge in [-0.1, -0.05) is 0 Å². The molecule has 1 amide bonds. The van der Waals surface area contributed by atoms with Crippen molar-refractivity contribution >= 4 is 17.3 Å².